The van der Waals surface area contributed by atoms with Gasteiger partial charge in [-0.25, -0.2) is 0 Å². The Morgan fingerprint density at radius 2 is 2.25 bits per heavy atom. The Kier molecular flexibility index (Phi) is 1.72. The molecular weight excluding hydrogens is 146 g/mol. The highest BCUT2D eigenvalue weighted by Gasteiger charge is 2.14. The largest absolute Gasteiger partial charge is 0.285 e. The number of hydrogen-bond donors (Lipinski definition) is 0. The summed E-state index contributed by atoms with van der Waals surface area (Å²) in [5.41, 5.74) is 5.44. The molecule has 0 amide bonds. The summed E-state index contributed by atoms with van der Waals surface area (Å²) < 4.78 is 0. The standard InChI is InChI=1S/C11H13N/c1-3-9-5-4-6-10-7-12-8(2)11(9)10/h4-6H,3,7H2,1-2H3. The summed E-state index contributed by atoms with van der Waals surface area (Å²) in [6.45, 7) is 5.18. The fraction of sp³-hybridized carbons (Fsp3) is 0.364. The average molecular weight is 159 g/mol. The van der Waals surface area contributed by atoms with Crippen LogP contribution in [0.3, 0.4) is 0 Å². The Balaban J connectivity index is 2.60. The third-order valence-electron chi connectivity index (χ3n) is 2.47. The number of rotatable bonds is 1. The molecular formula is C11H13N. The molecule has 1 aromatic rings. The Hall–Kier alpha value is -1.11. The lowest BCUT2D eigenvalue weighted by Crippen LogP contribution is -1.98. The van der Waals surface area contributed by atoms with Gasteiger partial charge in [0.05, 0.1) is 6.54 Å². The van der Waals surface area contributed by atoms with Crippen LogP contribution in [0.4, 0.5) is 0 Å². The van der Waals surface area contributed by atoms with Gasteiger partial charge in [-0.15, -0.1) is 0 Å². The van der Waals surface area contributed by atoms with Gasteiger partial charge in [0.2, 0.25) is 0 Å². The van der Waals surface area contributed by atoms with E-state index in [2.05, 4.69) is 37.0 Å². The van der Waals surface area contributed by atoms with Crippen LogP contribution in [0.25, 0.3) is 0 Å². The molecule has 0 fully saturated rings. The molecule has 1 heteroatoms. The normalized spacial score (nSPS) is 14.3. The highest BCUT2D eigenvalue weighted by molar-refractivity contribution is 6.03. The van der Waals surface area contributed by atoms with E-state index < -0.39 is 0 Å². The van der Waals surface area contributed by atoms with Crippen molar-refractivity contribution in [2.24, 2.45) is 4.99 Å². The van der Waals surface area contributed by atoms with Gasteiger partial charge in [0, 0.05) is 11.3 Å². The number of fused-ring (bicyclic) bond motifs is 1. The molecule has 0 bridgehead atoms. The van der Waals surface area contributed by atoms with Crippen LogP contribution >= 0.6 is 0 Å². The van der Waals surface area contributed by atoms with E-state index in [0.717, 1.165) is 13.0 Å². The number of aryl methyl sites for hydroxylation is 1. The van der Waals surface area contributed by atoms with Gasteiger partial charge < -0.3 is 0 Å². The molecule has 2 rings (SSSR count). The summed E-state index contributed by atoms with van der Waals surface area (Å²) in [7, 11) is 0. The van der Waals surface area contributed by atoms with Crippen LogP contribution in [-0.4, -0.2) is 5.71 Å². The van der Waals surface area contributed by atoms with Gasteiger partial charge in [0.1, 0.15) is 0 Å². The van der Waals surface area contributed by atoms with E-state index >= 15 is 0 Å². The second-order valence-corrected chi connectivity index (χ2v) is 3.21. The highest BCUT2D eigenvalue weighted by Crippen LogP contribution is 2.22. The number of benzene rings is 1. The second kappa shape index (κ2) is 2.74. The Morgan fingerprint density at radius 3 is 3.00 bits per heavy atom. The molecule has 0 aromatic heterocycles. The van der Waals surface area contributed by atoms with Gasteiger partial charge in [-0.1, -0.05) is 25.1 Å². The van der Waals surface area contributed by atoms with Crippen LogP contribution in [0.5, 0.6) is 0 Å². The molecule has 0 unspecified atom stereocenters. The van der Waals surface area contributed by atoms with Crippen molar-refractivity contribution in [1.82, 2.24) is 0 Å². The van der Waals surface area contributed by atoms with Crippen molar-refractivity contribution >= 4 is 5.71 Å². The van der Waals surface area contributed by atoms with Crippen molar-refractivity contribution in [2.75, 3.05) is 0 Å². The first-order valence-corrected chi connectivity index (χ1v) is 4.45. The van der Waals surface area contributed by atoms with Crippen molar-refractivity contribution in [3.8, 4) is 0 Å². The Labute approximate surface area is 73.1 Å². The summed E-state index contributed by atoms with van der Waals surface area (Å²) >= 11 is 0. The summed E-state index contributed by atoms with van der Waals surface area (Å²) in [6.07, 6.45) is 1.11. The molecule has 0 saturated heterocycles. The van der Waals surface area contributed by atoms with E-state index in [1.54, 1.807) is 0 Å². The molecule has 1 nitrogen and oxygen atoms in total. The minimum absolute atomic E-state index is 0.884. The van der Waals surface area contributed by atoms with Crippen LogP contribution in [0.15, 0.2) is 23.2 Å². The van der Waals surface area contributed by atoms with E-state index in [4.69, 9.17) is 0 Å². The lowest BCUT2D eigenvalue weighted by molar-refractivity contribution is 1.08. The number of hydrogen-bond acceptors (Lipinski definition) is 1. The zero-order valence-corrected chi connectivity index (χ0v) is 7.59. The Morgan fingerprint density at radius 1 is 1.42 bits per heavy atom. The van der Waals surface area contributed by atoms with Crippen LogP contribution in [-0.2, 0) is 13.0 Å². The summed E-state index contributed by atoms with van der Waals surface area (Å²) in [6, 6.07) is 6.50. The van der Waals surface area contributed by atoms with Gasteiger partial charge >= 0.3 is 0 Å². The molecule has 12 heavy (non-hydrogen) atoms. The predicted molar refractivity (Wildman–Crippen MR) is 51.7 cm³/mol. The van der Waals surface area contributed by atoms with Crippen LogP contribution in [0, 0.1) is 0 Å². The van der Waals surface area contributed by atoms with Gasteiger partial charge in [0.15, 0.2) is 0 Å². The minimum Gasteiger partial charge on any atom is -0.285 e. The monoisotopic (exact) mass is 159 g/mol. The van der Waals surface area contributed by atoms with Crippen LogP contribution < -0.4 is 0 Å². The minimum atomic E-state index is 0.884. The molecule has 1 heterocycles. The molecule has 0 radical (unpaired) electrons. The molecule has 0 atom stereocenters. The zero-order chi connectivity index (χ0) is 8.55. The van der Waals surface area contributed by atoms with E-state index in [0.29, 0.717) is 0 Å². The third-order valence-corrected chi connectivity index (χ3v) is 2.47. The fourth-order valence-corrected chi connectivity index (χ4v) is 1.83. The topological polar surface area (TPSA) is 12.4 Å². The van der Waals surface area contributed by atoms with Gasteiger partial charge in [-0.3, -0.25) is 4.99 Å². The zero-order valence-electron chi connectivity index (χ0n) is 7.59. The molecule has 0 spiro atoms. The number of aliphatic imine (C=N–C) groups is 1. The van der Waals surface area contributed by atoms with Crippen LogP contribution in [0.1, 0.15) is 30.5 Å². The van der Waals surface area contributed by atoms with Crippen molar-refractivity contribution in [2.45, 2.75) is 26.8 Å². The molecule has 62 valence electrons. The maximum Gasteiger partial charge on any atom is 0.0649 e. The summed E-state index contributed by atoms with van der Waals surface area (Å²) in [4.78, 5) is 4.43. The maximum absolute atomic E-state index is 4.43. The lowest BCUT2D eigenvalue weighted by atomic mass is 9.98. The van der Waals surface area contributed by atoms with Gasteiger partial charge in [0.25, 0.3) is 0 Å². The van der Waals surface area contributed by atoms with E-state index in [9.17, 15) is 0 Å². The molecule has 1 aliphatic heterocycles. The molecule has 1 aromatic carbocycles. The SMILES string of the molecule is CCc1cccc2c1C(C)=NC2. The fourth-order valence-electron chi connectivity index (χ4n) is 1.83. The van der Waals surface area contributed by atoms with Crippen LogP contribution in [0.2, 0.25) is 0 Å². The summed E-state index contributed by atoms with van der Waals surface area (Å²) in [5.74, 6) is 0. The molecule has 0 aliphatic carbocycles. The molecule has 1 aliphatic rings. The van der Waals surface area contributed by atoms with E-state index in [1.165, 1.54) is 22.4 Å². The highest BCUT2D eigenvalue weighted by atomic mass is 14.8. The second-order valence-electron chi connectivity index (χ2n) is 3.21. The van der Waals surface area contributed by atoms with E-state index in [1.807, 2.05) is 0 Å². The van der Waals surface area contributed by atoms with Crippen molar-refractivity contribution in [3.63, 3.8) is 0 Å². The maximum atomic E-state index is 4.43. The average Bonchev–Trinajstić information content (AvgIpc) is 2.48. The first-order chi connectivity index (χ1) is 5.83. The van der Waals surface area contributed by atoms with Crippen molar-refractivity contribution in [1.29, 1.82) is 0 Å². The molecule has 0 N–H and O–H groups in total. The van der Waals surface area contributed by atoms with Crippen molar-refractivity contribution in [3.05, 3.63) is 34.9 Å². The lowest BCUT2D eigenvalue weighted by Gasteiger charge is -2.05. The van der Waals surface area contributed by atoms with Crippen molar-refractivity contribution < 1.29 is 0 Å². The predicted octanol–water partition coefficient (Wildman–Crippen LogP) is 2.57. The first-order valence-electron chi connectivity index (χ1n) is 4.45. The van der Waals surface area contributed by atoms with Gasteiger partial charge in [-0.05, 0) is 24.5 Å². The quantitative estimate of drug-likeness (QED) is 0.597. The number of nitrogens with zero attached hydrogens (tertiary/aromatic N) is 1. The third kappa shape index (κ3) is 0.970. The first kappa shape index (κ1) is 7.53. The molecule has 0 saturated carbocycles. The van der Waals surface area contributed by atoms with E-state index in [-0.39, 0.29) is 0 Å². The van der Waals surface area contributed by atoms with Gasteiger partial charge in [-0.2, -0.15) is 0 Å². The Bertz CT molecular complexity index is 337. The smallest absolute Gasteiger partial charge is 0.0649 e. The summed E-state index contributed by atoms with van der Waals surface area (Å²) in [5, 5.41) is 0.